The van der Waals surface area contributed by atoms with Gasteiger partial charge in [0.1, 0.15) is 23.9 Å². The first-order valence-electron chi connectivity index (χ1n) is 9.46. The summed E-state index contributed by atoms with van der Waals surface area (Å²) in [5.41, 5.74) is 0.154. The van der Waals surface area contributed by atoms with Gasteiger partial charge in [0, 0.05) is 12.5 Å². The number of hydrogen-bond donors (Lipinski definition) is 0. The number of carbonyl (C=O) groups is 2. The van der Waals surface area contributed by atoms with Crippen LogP contribution < -0.4 is 9.47 Å². The van der Waals surface area contributed by atoms with Crippen LogP contribution in [0, 0.1) is 11.8 Å². The highest BCUT2D eigenvalue weighted by molar-refractivity contribution is 6.06. The van der Waals surface area contributed by atoms with Crippen molar-refractivity contribution in [2.24, 2.45) is 11.8 Å². The molecule has 156 valence electrons. The Balaban J connectivity index is 1.85. The lowest BCUT2D eigenvalue weighted by molar-refractivity contribution is -0.154. The monoisotopic (exact) mass is 402 g/mol. The number of ether oxygens (including phenoxy) is 5. The Morgan fingerprint density at radius 1 is 1.34 bits per heavy atom. The van der Waals surface area contributed by atoms with E-state index in [2.05, 4.69) is 6.58 Å². The number of allylic oxidation sites excluding steroid dienone is 1. The molecule has 0 spiro atoms. The minimum Gasteiger partial charge on any atom is -0.493 e. The Hall–Kier alpha value is -2.80. The Morgan fingerprint density at radius 2 is 2.10 bits per heavy atom. The van der Waals surface area contributed by atoms with Crippen LogP contribution in [0.25, 0.3) is 0 Å². The zero-order valence-electron chi connectivity index (χ0n) is 16.9. The molecule has 1 aromatic rings. The fraction of sp³-hybridized carbons (Fsp3) is 0.455. The summed E-state index contributed by atoms with van der Waals surface area (Å²) >= 11 is 0. The average molecular weight is 402 g/mol. The summed E-state index contributed by atoms with van der Waals surface area (Å²) in [6.45, 7) is 5.65. The molecule has 7 nitrogen and oxygen atoms in total. The smallest absolute Gasteiger partial charge is 0.317 e. The summed E-state index contributed by atoms with van der Waals surface area (Å²) in [5, 5.41) is 0. The van der Waals surface area contributed by atoms with Crippen molar-refractivity contribution in [3.05, 3.63) is 48.3 Å². The van der Waals surface area contributed by atoms with Gasteiger partial charge in [-0.25, -0.2) is 0 Å². The predicted molar refractivity (Wildman–Crippen MR) is 105 cm³/mol. The third kappa shape index (κ3) is 4.00. The zero-order valence-corrected chi connectivity index (χ0v) is 16.9. The van der Waals surface area contributed by atoms with E-state index in [1.165, 1.54) is 12.2 Å². The number of ketones is 1. The Morgan fingerprint density at radius 3 is 2.79 bits per heavy atom. The number of carbonyl (C=O) groups excluding carboxylic acids is 2. The second kappa shape index (κ2) is 8.69. The highest BCUT2D eigenvalue weighted by Crippen LogP contribution is 2.46. The molecule has 1 aliphatic heterocycles. The van der Waals surface area contributed by atoms with Gasteiger partial charge in [-0.2, -0.15) is 0 Å². The Kier molecular flexibility index (Phi) is 6.27. The molecule has 0 amide bonds. The molecule has 29 heavy (non-hydrogen) atoms. The molecule has 1 unspecified atom stereocenters. The zero-order chi connectivity index (χ0) is 21.0. The van der Waals surface area contributed by atoms with Gasteiger partial charge in [0.15, 0.2) is 24.1 Å². The molecule has 1 fully saturated rings. The minimum absolute atomic E-state index is 0.0454. The van der Waals surface area contributed by atoms with Crippen molar-refractivity contribution in [2.45, 2.75) is 25.4 Å². The van der Waals surface area contributed by atoms with Crippen molar-refractivity contribution >= 4 is 11.8 Å². The highest BCUT2D eigenvalue weighted by Gasteiger charge is 2.53. The lowest BCUT2D eigenvalue weighted by Crippen LogP contribution is -2.47. The van der Waals surface area contributed by atoms with Gasteiger partial charge in [-0.3, -0.25) is 9.59 Å². The van der Waals surface area contributed by atoms with Gasteiger partial charge in [-0.15, -0.1) is 0 Å². The molecule has 3 atom stereocenters. The minimum atomic E-state index is -0.923. The van der Waals surface area contributed by atoms with Gasteiger partial charge in [0.25, 0.3) is 0 Å². The standard InChI is InChI=1S/C22H26O7/c1-5-8-27-21(24)16-12-22(20(11-17(16)23)28-13-29-22)14(2)9-15-6-7-18(25-3)19(10-15)26-4/h5-7,10-11,14,16H,1,8-9,12-13H2,2-4H3/t14?,16-,22-/m1/s1. The fourth-order valence-electron chi connectivity index (χ4n) is 3.90. The largest absolute Gasteiger partial charge is 0.493 e. The van der Waals surface area contributed by atoms with E-state index in [4.69, 9.17) is 23.7 Å². The van der Waals surface area contributed by atoms with E-state index in [0.717, 1.165) is 5.56 Å². The number of fused-ring (bicyclic) bond motifs is 1. The van der Waals surface area contributed by atoms with Crippen LogP contribution in [0.2, 0.25) is 0 Å². The molecule has 1 heterocycles. The molecular weight excluding hydrogens is 376 g/mol. The maximum absolute atomic E-state index is 12.4. The summed E-state index contributed by atoms with van der Waals surface area (Å²) in [5.74, 6) is -0.129. The van der Waals surface area contributed by atoms with Gasteiger partial charge in [0.05, 0.1) is 14.2 Å². The highest BCUT2D eigenvalue weighted by atomic mass is 16.7. The van der Waals surface area contributed by atoms with E-state index in [1.807, 2.05) is 25.1 Å². The van der Waals surface area contributed by atoms with Crippen LogP contribution >= 0.6 is 0 Å². The van der Waals surface area contributed by atoms with E-state index in [9.17, 15) is 9.59 Å². The molecule has 0 N–H and O–H groups in total. The lowest BCUT2D eigenvalue weighted by atomic mass is 9.72. The first kappa shape index (κ1) is 20.9. The van der Waals surface area contributed by atoms with Crippen molar-refractivity contribution in [3.63, 3.8) is 0 Å². The van der Waals surface area contributed by atoms with Crippen LogP contribution in [0.1, 0.15) is 18.9 Å². The van der Waals surface area contributed by atoms with Crippen LogP contribution in [0.15, 0.2) is 42.7 Å². The van der Waals surface area contributed by atoms with E-state index < -0.39 is 17.5 Å². The van der Waals surface area contributed by atoms with Gasteiger partial charge >= 0.3 is 5.97 Å². The van der Waals surface area contributed by atoms with E-state index in [1.54, 1.807) is 14.2 Å². The van der Waals surface area contributed by atoms with Gasteiger partial charge in [0.2, 0.25) is 0 Å². The van der Waals surface area contributed by atoms with Crippen LogP contribution in [0.4, 0.5) is 0 Å². The van der Waals surface area contributed by atoms with Crippen molar-refractivity contribution in [1.82, 2.24) is 0 Å². The molecule has 1 saturated heterocycles. The molecule has 0 bridgehead atoms. The van der Waals surface area contributed by atoms with E-state index in [0.29, 0.717) is 23.7 Å². The molecule has 0 aromatic heterocycles. The van der Waals surface area contributed by atoms with Crippen LogP contribution in [-0.2, 0) is 30.2 Å². The summed E-state index contributed by atoms with van der Waals surface area (Å²) in [4.78, 5) is 24.8. The SMILES string of the molecule is C=CCOC(=O)[C@@H]1C[C@]2(C(C)Cc3ccc(OC)c(OC)c3)OCOC2=CC1=O. The van der Waals surface area contributed by atoms with Crippen molar-refractivity contribution in [3.8, 4) is 11.5 Å². The Bertz CT molecular complexity index is 828. The number of rotatable bonds is 8. The van der Waals surface area contributed by atoms with Gasteiger partial charge < -0.3 is 23.7 Å². The fourth-order valence-corrected chi connectivity index (χ4v) is 3.90. The van der Waals surface area contributed by atoms with E-state index in [-0.39, 0.29) is 31.5 Å². The number of hydrogen-bond acceptors (Lipinski definition) is 7. The summed E-state index contributed by atoms with van der Waals surface area (Å²) in [6, 6.07) is 5.72. The second-order valence-electron chi connectivity index (χ2n) is 7.18. The molecule has 1 aromatic carbocycles. The average Bonchev–Trinajstić information content (AvgIpc) is 3.15. The maximum Gasteiger partial charge on any atom is 0.317 e. The third-order valence-corrected chi connectivity index (χ3v) is 5.49. The van der Waals surface area contributed by atoms with Crippen LogP contribution in [0.3, 0.4) is 0 Å². The number of benzene rings is 1. The van der Waals surface area contributed by atoms with Gasteiger partial charge in [-0.1, -0.05) is 25.6 Å². The predicted octanol–water partition coefficient (Wildman–Crippen LogP) is 2.83. The number of methoxy groups -OCH3 is 2. The molecule has 0 saturated carbocycles. The maximum atomic E-state index is 12.4. The summed E-state index contributed by atoms with van der Waals surface area (Å²) in [7, 11) is 3.18. The lowest BCUT2D eigenvalue weighted by Gasteiger charge is -2.37. The van der Waals surface area contributed by atoms with Crippen molar-refractivity contribution in [2.75, 3.05) is 27.6 Å². The molecule has 1 aliphatic carbocycles. The molecule has 7 heteroatoms. The topological polar surface area (TPSA) is 80.3 Å². The third-order valence-electron chi connectivity index (χ3n) is 5.49. The molecule has 2 aliphatic rings. The van der Waals surface area contributed by atoms with Crippen molar-refractivity contribution in [1.29, 1.82) is 0 Å². The van der Waals surface area contributed by atoms with Crippen molar-refractivity contribution < 1.29 is 33.3 Å². The van der Waals surface area contributed by atoms with Crippen LogP contribution in [0.5, 0.6) is 11.5 Å². The second-order valence-corrected chi connectivity index (χ2v) is 7.18. The Labute approximate surface area is 170 Å². The first-order valence-corrected chi connectivity index (χ1v) is 9.46. The summed E-state index contributed by atoms with van der Waals surface area (Å²) in [6.07, 6.45) is 3.66. The molecule has 0 radical (unpaired) electrons. The normalized spacial score (nSPS) is 24.0. The molecule has 3 rings (SSSR count). The number of esters is 1. The van der Waals surface area contributed by atoms with Gasteiger partial charge in [-0.05, 0) is 30.0 Å². The molecular formula is C22H26O7. The van der Waals surface area contributed by atoms with E-state index >= 15 is 0 Å². The first-order chi connectivity index (χ1) is 13.9. The summed E-state index contributed by atoms with van der Waals surface area (Å²) < 4.78 is 27.4. The quantitative estimate of drug-likeness (QED) is 0.376. The van der Waals surface area contributed by atoms with Crippen LogP contribution in [-0.4, -0.2) is 45.0 Å².